The lowest BCUT2D eigenvalue weighted by molar-refractivity contribution is -0.153. The summed E-state index contributed by atoms with van der Waals surface area (Å²) in [6.45, 7) is 1.74. The zero-order chi connectivity index (χ0) is 15.7. The Labute approximate surface area is 120 Å². The molecule has 0 bridgehead atoms. The number of anilines is 1. The van der Waals surface area contributed by atoms with E-state index in [-0.39, 0.29) is 5.75 Å². The summed E-state index contributed by atoms with van der Waals surface area (Å²) in [6, 6.07) is 5.25. The van der Waals surface area contributed by atoms with E-state index in [2.05, 4.69) is 15.4 Å². The van der Waals surface area contributed by atoms with Crippen molar-refractivity contribution in [2.24, 2.45) is 0 Å². The highest BCUT2D eigenvalue weighted by Gasteiger charge is 2.28. The molecule has 0 aliphatic carbocycles. The molecule has 2 amide bonds. The third kappa shape index (κ3) is 8.03. The van der Waals surface area contributed by atoms with Gasteiger partial charge in [0.15, 0.2) is 6.61 Å². The lowest BCUT2D eigenvalue weighted by Gasteiger charge is -2.11. The number of carbonyl (C=O) groups excluding carboxylic acids is 1. The van der Waals surface area contributed by atoms with E-state index in [0.29, 0.717) is 25.4 Å². The summed E-state index contributed by atoms with van der Waals surface area (Å²) in [4.78, 5) is 11.5. The van der Waals surface area contributed by atoms with E-state index in [0.717, 1.165) is 0 Å². The normalized spacial score (nSPS) is 11.0. The van der Waals surface area contributed by atoms with Crippen molar-refractivity contribution in [3.63, 3.8) is 0 Å². The van der Waals surface area contributed by atoms with Gasteiger partial charge < -0.3 is 20.1 Å². The predicted molar refractivity (Wildman–Crippen MR) is 71.5 cm³/mol. The van der Waals surface area contributed by atoms with Gasteiger partial charge in [0.2, 0.25) is 0 Å². The van der Waals surface area contributed by atoms with Crippen molar-refractivity contribution in [2.75, 3.05) is 31.7 Å². The lowest BCUT2D eigenvalue weighted by atomic mass is 10.3. The molecule has 0 fully saturated rings. The minimum atomic E-state index is -4.40. The standard InChI is InChI=1S/C13H17F3N2O3/c1-2-20-7-6-17-12(19)18-10-4-3-5-11(8-10)21-9-13(14,15)16/h3-5,8H,2,6-7,9H2,1H3,(H2,17,18,19). The molecule has 8 heteroatoms. The van der Waals surface area contributed by atoms with Crippen LogP contribution in [0.3, 0.4) is 0 Å². The maximum Gasteiger partial charge on any atom is 0.422 e. The van der Waals surface area contributed by atoms with Crippen LogP contribution < -0.4 is 15.4 Å². The van der Waals surface area contributed by atoms with Crippen LogP contribution >= 0.6 is 0 Å². The van der Waals surface area contributed by atoms with Gasteiger partial charge in [0, 0.05) is 24.9 Å². The molecule has 0 saturated carbocycles. The molecule has 0 radical (unpaired) electrons. The number of hydrogen-bond acceptors (Lipinski definition) is 3. The molecule has 0 aliphatic rings. The van der Waals surface area contributed by atoms with Crippen LogP contribution in [-0.2, 0) is 4.74 Å². The first-order valence-corrected chi connectivity index (χ1v) is 6.33. The molecule has 0 spiro atoms. The number of hydrogen-bond donors (Lipinski definition) is 2. The summed E-state index contributed by atoms with van der Waals surface area (Å²) in [5.74, 6) is 0.0273. The Morgan fingerprint density at radius 2 is 2.10 bits per heavy atom. The smallest absolute Gasteiger partial charge is 0.422 e. The van der Waals surface area contributed by atoms with Gasteiger partial charge in [0.25, 0.3) is 0 Å². The highest BCUT2D eigenvalue weighted by Crippen LogP contribution is 2.21. The molecule has 0 aliphatic heterocycles. The Balaban J connectivity index is 2.43. The zero-order valence-electron chi connectivity index (χ0n) is 11.5. The van der Waals surface area contributed by atoms with E-state index in [9.17, 15) is 18.0 Å². The number of rotatable bonds is 7. The molecule has 118 valence electrons. The first kappa shape index (κ1) is 17.1. The fraction of sp³-hybridized carbons (Fsp3) is 0.462. The van der Waals surface area contributed by atoms with Gasteiger partial charge in [0.1, 0.15) is 5.75 Å². The molecule has 0 unspecified atom stereocenters. The summed E-state index contributed by atoms with van der Waals surface area (Å²) in [5, 5.41) is 5.04. The maximum absolute atomic E-state index is 12.0. The first-order chi connectivity index (χ1) is 9.90. The second-order valence-corrected chi connectivity index (χ2v) is 4.01. The van der Waals surface area contributed by atoms with E-state index < -0.39 is 18.8 Å². The minimum absolute atomic E-state index is 0.0273. The van der Waals surface area contributed by atoms with Crippen LogP contribution in [0.15, 0.2) is 24.3 Å². The molecule has 21 heavy (non-hydrogen) atoms. The summed E-state index contributed by atoms with van der Waals surface area (Å²) in [7, 11) is 0. The van der Waals surface area contributed by atoms with Gasteiger partial charge in [-0.1, -0.05) is 6.07 Å². The van der Waals surface area contributed by atoms with Crippen LogP contribution in [0.4, 0.5) is 23.7 Å². The fourth-order valence-corrected chi connectivity index (χ4v) is 1.39. The average Bonchev–Trinajstić information content (AvgIpc) is 2.41. The molecule has 0 saturated heterocycles. The Morgan fingerprint density at radius 3 is 2.76 bits per heavy atom. The molecule has 1 aromatic rings. The van der Waals surface area contributed by atoms with Crippen LogP contribution in [-0.4, -0.2) is 38.6 Å². The summed E-state index contributed by atoms with van der Waals surface area (Å²) in [5.41, 5.74) is 0.337. The number of ether oxygens (including phenoxy) is 2. The van der Waals surface area contributed by atoms with Crippen molar-refractivity contribution in [3.05, 3.63) is 24.3 Å². The molecule has 0 aromatic heterocycles. The Morgan fingerprint density at radius 1 is 1.33 bits per heavy atom. The largest absolute Gasteiger partial charge is 0.484 e. The molecular formula is C13H17F3N2O3. The topological polar surface area (TPSA) is 59.6 Å². The number of urea groups is 1. The lowest BCUT2D eigenvalue weighted by Crippen LogP contribution is -2.31. The van der Waals surface area contributed by atoms with E-state index >= 15 is 0 Å². The Hall–Kier alpha value is -1.96. The molecule has 2 N–H and O–H groups in total. The summed E-state index contributed by atoms with van der Waals surface area (Å²) < 4.78 is 45.7. The Bertz CT molecular complexity index is 453. The zero-order valence-corrected chi connectivity index (χ0v) is 11.5. The van der Waals surface area contributed by atoms with Crippen molar-refractivity contribution in [1.29, 1.82) is 0 Å². The SMILES string of the molecule is CCOCCNC(=O)Nc1cccc(OCC(F)(F)F)c1. The second kappa shape index (κ2) is 8.35. The van der Waals surface area contributed by atoms with E-state index in [1.54, 1.807) is 6.07 Å². The van der Waals surface area contributed by atoms with Gasteiger partial charge >= 0.3 is 12.2 Å². The van der Waals surface area contributed by atoms with Crippen molar-refractivity contribution < 1.29 is 27.4 Å². The number of carbonyl (C=O) groups is 1. The van der Waals surface area contributed by atoms with Crippen LogP contribution in [0, 0.1) is 0 Å². The van der Waals surface area contributed by atoms with Gasteiger partial charge in [-0.15, -0.1) is 0 Å². The van der Waals surface area contributed by atoms with Crippen LogP contribution in [0.1, 0.15) is 6.92 Å². The van der Waals surface area contributed by atoms with Crippen molar-refractivity contribution >= 4 is 11.7 Å². The van der Waals surface area contributed by atoms with Crippen LogP contribution in [0.25, 0.3) is 0 Å². The minimum Gasteiger partial charge on any atom is -0.484 e. The molecule has 5 nitrogen and oxygen atoms in total. The fourth-order valence-electron chi connectivity index (χ4n) is 1.39. The molecule has 0 heterocycles. The van der Waals surface area contributed by atoms with Crippen molar-refractivity contribution in [1.82, 2.24) is 5.32 Å². The quantitative estimate of drug-likeness (QED) is 0.762. The van der Waals surface area contributed by atoms with E-state index in [1.165, 1.54) is 18.2 Å². The number of benzene rings is 1. The third-order valence-electron chi connectivity index (χ3n) is 2.23. The van der Waals surface area contributed by atoms with Crippen LogP contribution in [0.5, 0.6) is 5.75 Å². The van der Waals surface area contributed by atoms with Gasteiger partial charge in [0.05, 0.1) is 6.61 Å². The van der Waals surface area contributed by atoms with E-state index in [4.69, 9.17) is 4.74 Å². The predicted octanol–water partition coefficient (Wildman–Crippen LogP) is 2.79. The molecule has 1 aromatic carbocycles. The first-order valence-electron chi connectivity index (χ1n) is 6.33. The summed E-state index contributed by atoms with van der Waals surface area (Å²) in [6.07, 6.45) is -4.40. The van der Waals surface area contributed by atoms with Crippen LogP contribution in [0.2, 0.25) is 0 Å². The maximum atomic E-state index is 12.0. The average molecular weight is 306 g/mol. The third-order valence-corrected chi connectivity index (χ3v) is 2.23. The molecule has 0 atom stereocenters. The Kier molecular flexibility index (Phi) is 6.80. The van der Waals surface area contributed by atoms with Crippen molar-refractivity contribution in [2.45, 2.75) is 13.1 Å². The highest BCUT2D eigenvalue weighted by molar-refractivity contribution is 5.89. The molecular weight excluding hydrogens is 289 g/mol. The highest BCUT2D eigenvalue weighted by atomic mass is 19.4. The number of halogens is 3. The molecule has 1 rings (SSSR count). The van der Waals surface area contributed by atoms with Gasteiger partial charge in [-0.2, -0.15) is 13.2 Å². The number of alkyl halides is 3. The number of nitrogens with one attached hydrogen (secondary N) is 2. The second-order valence-electron chi connectivity index (χ2n) is 4.01. The summed E-state index contributed by atoms with van der Waals surface area (Å²) >= 11 is 0. The monoisotopic (exact) mass is 306 g/mol. The van der Waals surface area contributed by atoms with Crippen molar-refractivity contribution in [3.8, 4) is 5.75 Å². The van der Waals surface area contributed by atoms with Gasteiger partial charge in [-0.25, -0.2) is 4.79 Å². The van der Waals surface area contributed by atoms with Gasteiger partial charge in [-0.3, -0.25) is 0 Å². The van der Waals surface area contributed by atoms with Gasteiger partial charge in [-0.05, 0) is 19.1 Å². The number of amides is 2. The van der Waals surface area contributed by atoms with E-state index in [1.807, 2.05) is 6.92 Å².